The van der Waals surface area contributed by atoms with Gasteiger partial charge in [0.05, 0.1) is 20.3 Å². The Morgan fingerprint density at radius 3 is 2.35 bits per heavy atom. The van der Waals surface area contributed by atoms with Gasteiger partial charge in [0, 0.05) is 31.1 Å². The molecule has 1 N–H and O–H groups in total. The Labute approximate surface area is 149 Å². The van der Waals surface area contributed by atoms with Crippen molar-refractivity contribution >= 4 is 27.3 Å². The summed E-state index contributed by atoms with van der Waals surface area (Å²) >= 11 is 5.35. The quantitative estimate of drug-likeness (QED) is 0.837. The van der Waals surface area contributed by atoms with Crippen LogP contribution in [0.4, 0.5) is 0 Å². The molecule has 1 saturated heterocycles. The smallest absolute Gasteiger partial charge is 0.137 e. The predicted molar refractivity (Wildman–Crippen MR) is 97.9 cm³/mol. The first-order chi connectivity index (χ1) is 11.2. The van der Waals surface area contributed by atoms with E-state index in [1.54, 1.807) is 25.6 Å². The number of ether oxygens (including phenoxy) is 2. The van der Waals surface area contributed by atoms with Crippen molar-refractivity contribution in [3.63, 3.8) is 0 Å². The molecular formula is C17H21BrN2O2S. The molecule has 0 radical (unpaired) electrons. The van der Waals surface area contributed by atoms with Gasteiger partial charge in [0.25, 0.3) is 0 Å². The summed E-state index contributed by atoms with van der Waals surface area (Å²) in [6.07, 6.45) is 0. The van der Waals surface area contributed by atoms with Crippen LogP contribution in [0.3, 0.4) is 0 Å². The summed E-state index contributed by atoms with van der Waals surface area (Å²) in [5, 5.41) is 5.56. The van der Waals surface area contributed by atoms with Gasteiger partial charge in [-0.05, 0) is 45.1 Å². The highest BCUT2D eigenvalue weighted by molar-refractivity contribution is 9.10. The molecule has 0 unspecified atom stereocenters. The minimum Gasteiger partial charge on any atom is -0.495 e. The fourth-order valence-corrected chi connectivity index (χ4v) is 4.43. The van der Waals surface area contributed by atoms with Crippen LogP contribution in [0, 0.1) is 0 Å². The second-order valence-electron chi connectivity index (χ2n) is 5.44. The van der Waals surface area contributed by atoms with Crippen molar-refractivity contribution in [1.29, 1.82) is 0 Å². The van der Waals surface area contributed by atoms with Gasteiger partial charge in [-0.1, -0.05) is 6.07 Å². The molecule has 3 rings (SSSR count). The van der Waals surface area contributed by atoms with Gasteiger partial charge in [-0.25, -0.2) is 0 Å². The average molecular weight is 397 g/mol. The maximum Gasteiger partial charge on any atom is 0.137 e. The summed E-state index contributed by atoms with van der Waals surface area (Å²) in [5.74, 6) is 1.60. The van der Waals surface area contributed by atoms with Gasteiger partial charge in [-0.2, -0.15) is 0 Å². The lowest BCUT2D eigenvalue weighted by molar-refractivity contribution is 0.200. The Bertz CT molecular complexity index is 617. The Balaban J connectivity index is 2.05. The molecule has 0 amide bonds. The lowest BCUT2D eigenvalue weighted by Crippen LogP contribution is -2.45. The maximum atomic E-state index is 5.53. The molecule has 0 spiro atoms. The normalized spacial score (nSPS) is 17.0. The van der Waals surface area contributed by atoms with E-state index in [0.29, 0.717) is 0 Å². The maximum absolute atomic E-state index is 5.53. The third-order valence-corrected chi connectivity index (χ3v) is 5.82. The summed E-state index contributed by atoms with van der Waals surface area (Å²) in [4.78, 5) is 3.86. The van der Waals surface area contributed by atoms with Crippen LogP contribution in [-0.2, 0) is 0 Å². The number of rotatable bonds is 5. The molecule has 23 heavy (non-hydrogen) atoms. The monoisotopic (exact) mass is 396 g/mol. The average Bonchev–Trinajstić information content (AvgIpc) is 3.11. The zero-order chi connectivity index (χ0) is 16.2. The van der Waals surface area contributed by atoms with Gasteiger partial charge < -0.3 is 14.8 Å². The van der Waals surface area contributed by atoms with Crippen molar-refractivity contribution in [1.82, 2.24) is 10.2 Å². The van der Waals surface area contributed by atoms with Crippen molar-refractivity contribution in [3.8, 4) is 11.5 Å². The number of nitrogens with zero attached hydrogens (tertiary/aromatic N) is 1. The molecule has 1 fully saturated rings. The third kappa shape index (κ3) is 3.55. The van der Waals surface area contributed by atoms with Crippen molar-refractivity contribution in [2.45, 2.75) is 6.04 Å². The Morgan fingerprint density at radius 2 is 1.83 bits per heavy atom. The van der Waals surface area contributed by atoms with Crippen LogP contribution >= 0.6 is 27.3 Å². The molecule has 2 heterocycles. The first kappa shape index (κ1) is 16.8. The highest BCUT2D eigenvalue weighted by atomic mass is 79.9. The van der Waals surface area contributed by atoms with E-state index in [4.69, 9.17) is 9.47 Å². The van der Waals surface area contributed by atoms with Gasteiger partial charge in [0.2, 0.25) is 0 Å². The van der Waals surface area contributed by atoms with Crippen LogP contribution in [0.1, 0.15) is 16.5 Å². The van der Waals surface area contributed by atoms with E-state index < -0.39 is 0 Å². The molecular weight excluding hydrogens is 376 g/mol. The van der Waals surface area contributed by atoms with E-state index in [1.807, 2.05) is 0 Å². The van der Waals surface area contributed by atoms with Gasteiger partial charge in [-0.3, -0.25) is 4.90 Å². The lowest BCUT2D eigenvalue weighted by atomic mass is 10.0. The first-order valence-electron chi connectivity index (χ1n) is 7.64. The van der Waals surface area contributed by atoms with E-state index in [0.717, 1.165) is 42.2 Å². The fraction of sp³-hybridized carbons (Fsp3) is 0.412. The van der Waals surface area contributed by atoms with E-state index in [1.165, 1.54) is 10.4 Å². The van der Waals surface area contributed by atoms with E-state index >= 15 is 0 Å². The van der Waals surface area contributed by atoms with Crippen molar-refractivity contribution < 1.29 is 9.47 Å². The number of benzene rings is 1. The number of piperazine rings is 1. The fourth-order valence-electron chi connectivity index (χ4n) is 2.99. The zero-order valence-electron chi connectivity index (χ0n) is 13.3. The molecule has 1 aromatic carbocycles. The molecule has 124 valence electrons. The summed E-state index contributed by atoms with van der Waals surface area (Å²) in [7, 11) is 3.38. The number of methoxy groups -OCH3 is 2. The molecule has 1 aromatic heterocycles. The van der Waals surface area contributed by atoms with Crippen molar-refractivity contribution in [3.05, 3.63) is 44.6 Å². The van der Waals surface area contributed by atoms with Crippen LogP contribution in [-0.4, -0.2) is 45.3 Å². The SMILES string of the molecule is COc1cc([C@H](c2cccs2)N2CCNCC2)cc(OC)c1Br. The number of hydrogen-bond donors (Lipinski definition) is 1. The second kappa shape index (κ2) is 7.66. The second-order valence-corrected chi connectivity index (χ2v) is 7.22. The Morgan fingerprint density at radius 1 is 1.17 bits per heavy atom. The standard InChI is InChI=1S/C17H21BrN2O2S/c1-21-13-10-12(11-14(22-2)16(13)18)17(15-4-3-9-23-15)20-7-5-19-6-8-20/h3-4,9-11,17,19H,5-8H2,1-2H3/t17-/m1/s1. The third-order valence-electron chi connectivity index (χ3n) is 4.11. The van der Waals surface area contributed by atoms with Gasteiger partial charge in [0.1, 0.15) is 16.0 Å². The van der Waals surface area contributed by atoms with Gasteiger partial charge >= 0.3 is 0 Å². The van der Waals surface area contributed by atoms with Crippen LogP contribution in [0.25, 0.3) is 0 Å². The van der Waals surface area contributed by atoms with Crippen LogP contribution < -0.4 is 14.8 Å². The van der Waals surface area contributed by atoms with Crippen molar-refractivity contribution in [2.24, 2.45) is 0 Å². The van der Waals surface area contributed by atoms with Gasteiger partial charge in [0.15, 0.2) is 0 Å². The molecule has 1 atom stereocenters. The highest BCUT2D eigenvalue weighted by Gasteiger charge is 2.26. The molecule has 1 aliphatic heterocycles. The van der Waals surface area contributed by atoms with E-state index in [-0.39, 0.29) is 6.04 Å². The number of thiophene rings is 1. The minimum atomic E-state index is 0.230. The molecule has 4 nitrogen and oxygen atoms in total. The lowest BCUT2D eigenvalue weighted by Gasteiger charge is -2.35. The predicted octanol–water partition coefficient (Wildman–Crippen LogP) is 3.52. The summed E-state index contributed by atoms with van der Waals surface area (Å²) in [6.45, 7) is 4.10. The number of halogens is 1. The largest absolute Gasteiger partial charge is 0.495 e. The molecule has 1 aliphatic rings. The molecule has 0 bridgehead atoms. The molecule has 0 aliphatic carbocycles. The molecule has 6 heteroatoms. The van der Waals surface area contributed by atoms with Crippen LogP contribution in [0.5, 0.6) is 11.5 Å². The topological polar surface area (TPSA) is 33.7 Å². The molecule has 0 saturated carbocycles. The summed E-state index contributed by atoms with van der Waals surface area (Å²) in [5.41, 5.74) is 1.20. The highest BCUT2D eigenvalue weighted by Crippen LogP contribution is 2.41. The number of hydrogen-bond acceptors (Lipinski definition) is 5. The summed E-state index contributed by atoms with van der Waals surface area (Å²) < 4.78 is 11.9. The van der Waals surface area contributed by atoms with Crippen LogP contribution in [0.15, 0.2) is 34.1 Å². The minimum absolute atomic E-state index is 0.230. The van der Waals surface area contributed by atoms with Crippen molar-refractivity contribution in [2.75, 3.05) is 40.4 Å². The van der Waals surface area contributed by atoms with E-state index in [2.05, 4.69) is 55.8 Å². The van der Waals surface area contributed by atoms with Crippen LogP contribution in [0.2, 0.25) is 0 Å². The molecule has 2 aromatic rings. The first-order valence-corrected chi connectivity index (χ1v) is 9.31. The zero-order valence-corrected chi connectivity index (χ0v) is 15.7. The summed E-state index contributed by atoms with van der Waals surface area (Å²) in [6, 6.07) is 8.77. The Hall–Kier alpha value is -1.08. The number of nitrogens with one attached hydrogen (secondary N) is 1. The Kier molecular flexibility index (Phi) is 5.58. The van der Waals surface area contributed by atoms with Gasteiger partial charge in [-0.15, -0.1) is 11.3 Å². The van der Waals surface area contributed by atoms with E-state index in [9.17, 15) is 0 Å².